The first-order valence-corrected chi connectivity index (χ1v) is 5.74. The Labute approximate surface area is 116 Å². The smallest absolute Gasteiger partial charge is 0.310 e. The summed E-state index contributed by atoms with van der Waals surface area (Å²) in [5.74, 6) is -1.54. The van der Waals surface area contributed by atoms with Gasteiger partial charge in [-0.3, -0.25) is 24.8 Å². The highest BCUT2D eigenvalue weighted by Crippen LogP contribution is 2.18. The number of carbonyl (C=O) groups is 1. The summed E-state index contributed by atoms with van der Waals surface area (Å²) < 4.78 is 19.1. The highest BCUT2D eigenvalue weighted by Gasteiger charge is 2.16. The number of non-ortho nitro benzene ring substituents is 1. The zero-order valence-electron chi connectivity index (χ0n) is 10.8. The molecule has 0 amide bonds. The third-order valence-electron chi connectivity index (χ3n) is 2.79. The van der Waals surface area contributed by atoms with Crippen LogP contribution in [-0.4, -0.2) is 27.8 Å². The number of hydrogen-bond acceptors (Lipinski definition) is 5. The van der Waals surface area contributed by atoms with Crippen LogP contribution in [0.5, 0.6) is 0 Å². The van der Waals surface area contributed by atoms with Gasteiger partial charge in [0.1, 0.15) is 5.69 Å². The summed E-state index contributed by atoms with van der Waals surface area (Å²) in [5, 5.41) is 13.0. The van der Waals surface area contributed by atoms with Crippen molar-refractivity contribution in [2.45, 2.75) is 6.42 Å². The summed E-state index contributed by atoms with van der Waals surface area (Å²) in [6, 6.07) is 2.89. The number of nitrogens with one attached hydrogen (secondary N) is 1. The lowest BCUT2D eigenvalue weighted by molar-refractivity contribution is -0.385. The van der Waals surface area contributed by atoms with E-state index in [2.05, 4.69) is 9.84 Å². The fraction of sp³-hybridized carbons (Fsp3) is 0.167. The number of hydrogen-bond donors (Lipinski definition) is 1. The van der Waals surface area contributed by atoms with Crippen LogP contribution in [0.25, 0.3) is 5.69 Å². The van der Waals surface area contributed by atoms with E-state index < -0.39 is 28.0 Å². The minimum atomic E-state index is -0.933. The Morgan fingerprint density at radius 3 is 2.81 bits per heavy atom. The summed E-state index contributed by atoms with van der Waals surface area (Å²) in [4.78, 5) is 32.9. The number of aromatic nitrogens is 2. The molecule has 1 N–H and O–H groups in total. The SMILES string of the molecule is COC(=O)Cc1c[nH]n(-c2ccc([N+](=O)[O-])cc2F)c1=O. The van der Waals surface area contributed by atoms with Crippen molar-refractivity contribution in [1.82, 2.24) is 9.78 Å². The largest absolute Gasteiger partial charge is 0.469 e. The normalized spacial score (nSPS) is 10.4. The summed E-state index contributed by atoms with van der Waals surface area (Å²) in [6.07, 6.45) is 0.994. The first-order chi connectivity index (χ1) is 9.93. The molecular formula is C12H10FN3O5. The molecule has 1 aromatic heterocycles. The molecule has 2 aromatic rings. The van der Waals surface area contributed by atoms with E-state index in [4.69, 9.17) is 0 Å². The number of H-pyrrole nitrogens is 1. The Morgan fingerprint density at radius 1 is 1.52 bits per heavy atom. The van der Waals surface area contributed by atoms with Crippen LogP contribution in [0.15, 0.2) is 29.2 Å². The van der Waals surface area contributed by atoms with Gasteiger partial charge in [-0.05, 0) is 6.07 Å². The molecule has 0 unspecified atom stereocenters. The molecule has 21 heavy (non-hydrogen) atoms. The highest BCUT2D eigenvalue weighted by molar-refractivity contribution is 5.72. The van der Waals surface area contributed by atoms with Crippen molar-refractivity contribution < 1.29 is 18.8 Å². The molecule has 1 heterocycles. The van der Waals surface area contributed by atoms with Crippen molar-refractivity contribution in [3.63, 3.8) is 0 Å². The number of benzene rings is 1. The number of carbonyl (C=O) groups excluding carboxylic acids is 1. The van der Waals surface area contributed by atoms with Gasteiger partial charge in [0, 0.05) is 17.8 Å². The second kappa shape index (κ2) is 5.57. The summed E-state index contributed by atoms with van der Waals surface area (Å²) >= 11 is 0. The van der Waals surface area contributed by atoms with Gasteiger partial charge in [-0.2, -0.15) is 0 Å². The Bertz CT molecular complexity index is 764. The van der Waals surface area contributed by atoms with Crippen LogP contribution in [-0.2, 0) is 16.0 Å². The van der Waals surface area contributed by atoms with Crippen molar-refractivity contribution >= 4 is 11.7 Å². The quantitative estimate of drug-likeness (QED) is 0.513. The number of nitrogens with zero attached hydrogens (tertiary/aromatic N) is 2. The van der Waals surface area contributed by atoms with Crippen LogP contribution >= 0.6 is 0 Å². The fourth-order valence-corrected chi connectivity index (χ4v) is 1.73. The van der Waals surface area contributed by atoms with Crippen molar-refractivity contribution in [3.8, 4) is 5.69 Å². The van der Waals surface area contributed by atoms with Crippen LogP contribution in [0.4, 0.5) is 10.1 Å². The van der Waals surface area contributed by atoms with Crippen molar-refractivity contribution in [1.29, 1.82) is 0 Å². The summed E-state index contributed by atoms with van der Waals surface area (Å²) in [7, 11) is 1.18. The maximum Gasteiger partial charge on any atom is 0.310 e. The molecule has 110 valence electrons. The number of esters is 1. The zero-order valence-corrected chi connectivity index (χ0v) is 10.8. The van der Waals surface area contributed by atoms with Gasteiger partial charge in [0.05, 0.1) is 24.5 Å². The van der Waals surface area contributed by atoms with Crippen LogP contribution < -0.4 is 5.56 Å². The first-order valence-electron chi connectivity index (χ1n) is 5.74. The standard InChI is InChI=1S/C12H10FN3O5/c1-21-11(17)4-7-6-14-15(12(7)18)10-3-2-8(16(19)20)5-9(10)13/h2-3,5-6,14H,4H2,1H3. The minimum Gasteiger partial charge on any atom is -0.469 e. The van der Waals surface area contributed by atoms with E-state index in [-0.39, 0.29) is 17.7 Å². The molecule has 1 aromatic carbocycles. The summed E-state index contributed by atoms with van der Waals surface area (Å²) in [5.41, 5.74) is -1.14. The Hall–Kier alpha value is -2.97. The molecular weight excluding hydrogens is 285 g/mol. The molecule has 0 aliphatic heterocycles. The van der Waals surface area contributed by atoms with E-state index in [1.165, 1.54) is 13.3 Å². The van der Waals surface area contributed by atoms with E-state index in [9.17, 15) is 24.1 Å². The average Bonchev–Trinajstić information content (AvgIpc) is 2.80. The van der Waals surface area contributed by atoms with Crippen LogP contribution in [0.1, 0.15) is 5.56 Å². The molecule has 0 spiro atoms. The number of nitro benzene ring substituents is 1. The second-order valence-electron chi connectivity index (χ2n) is 4.08. The highest BCUT2D eigenvalue weighted by atomic mass is 19.1. The maximum atomic E-state index is 13.8. The van der Waals surface area contributed by atoms with Gasteiger partial charge in [-0.25, -0.2) is 9.07 Å². The lowest BCUT2D eigenvalue weighted by atomic mass is 10.2. The number of rotatable bonds is 4. The topological polar surface area (TPSA) is 107 Å². The lowest BCUT2D eigenvalue weighted by Gasteiger charge is -2.02. The Balaban J connectivity index is 2.42. The minimum absolute atomic E-state index is 0.0969. The van der Waals surface area contributed by atoms with Gasteiger partial charge >= 0.3 is 5.97 Å². The van der Waals surface area contributed by atoms with E-state index in [1.807, 2.05) is 0 Å². The third kappa shape index (κ3) is 2.81. The number of methoxy groups -OCH3 is 1. The summed E-state index contributed by atoms with van der Waals surface area (Å²) in [6.45, 7) is 0. The van der Waals surface area contributed by atoms with Crippen molar-refractivity contribution in [3.05, 3.63) is 56.2 Å². The maximum absolute atomic E-state index is 13.8. The third-order valence-corrected chi connectivity index (χ3v) is 2.79. The van der Waals surface area contributed by atoms with E-state index in [0.29, 0.717) is 6.07 Å². The van der Waals surface area contributed by atoms with Gasteiger partial charge in [-0.1, -0.05) is 0 Å². The molecule has 0 saturated carbocycles. The predicted molar refractivity (Wildman–Crippen MR) is 68.7 cm³/mol. The van der Waals surface area contributed by atoms with E-state index >= 15 is 0 Å². The Kier molecular flexibility index (Phi) is 3.83. The second-order valence-corrected chi connectivity index (χ2v) is 4.08. The Morgan fingerprint density at radius 2 is 2.24 bits per heavy atom. The van der Waals surface area contributed by atoms with Crippen LogP contribution in [0.3, 0.4) is 0 Å². The monoisotopic (exact) mass is 295 g/mol. The number of aromatic amines is 1. The van der Waals surface area contributed by atoms with Gasteiger partial charge in [0.15, 0.2) is 5.82 Å². The zero-order chi connectivity index (χ0) is 15.6. The number of ether oxygens (including phenoxy) is 1. The molecule has 0 aliphatic rings. The first kappa shape index (κ1) is 14.4. The molecule has 0 saturated heterocycles. The van der Waals surface area contributed by atoms with E-state index in [1.54, 1.807) is 0 Å². The fourth-order valence-electron chi connectivity index (χ4n) is 1.73. The average molecular weight is 295 g/mol. The van der Waals surface area contributed by atoms with Crippen molar-refractivity contribution in [2.75, 3.05) is 7.11 Å². The van der Waals surface area contributed by atoms with Gasteiger partial charge in [0.25, 0.3) is 11.2 Å². The van der Waals surface area contributed by atoms with Gasteiger partial charge in [-0.15, -0.1) is 0 Å². The number of nitro groups is 1. The predicted octanol–water partition coefficient (Wildman–Crippen LogP) is 0.928. The van der Waals surface area contributed by atoms with Crippen molar-refractivity contribution in [2.24, 2.45) is 0 Å². The lowest BCUT2D eigenvalue weighted by Crippen LogP contribution is -2.20. The molecule has 9 heteroatoms. The molecule has 8 nitrogen and oxygen atoms in total. The molecule has 0 radical (unpaired) electrons. The molecule has 2 rings (SSSR count). The molecule has 0 aliphatic carbocycles. The molecule has 0 bridgehead atoms. The van der Waals surface area contributed by atoms with Gasteiger partial charge in [0.2, 0.25) is 0 Å². The van der Waals surface area contributed by atoms with E-state index in [0.717, 1.165) is 16.8 Å². The molecule has 0 atom stereocenters. The van der Waals surface area contributed by atoms with Crippen LogP contribution in [0, 0.1) is 15.9 Å². The molecule has 0 fully saturated rings. The van der Waals surface area contributed by atoms with Crippen LogP contribution in [0.2, 0.25) is 0 Å². The van der Waals surface area contributed by atoms with Gasteiger partial charge < -0.3 is 4.74 Å². The number of halogens is 1.